The van der Waals surface area contributed by atoms with E-state index in [4.69, 9.17) is 9.47 Å². The summed E-state index contributed by atoms with van der Waals surface area (Å²) in [4.78, 5) is 12.4. The molecule has 0 heterocycles. The van der Waals surface area contributed by atoms with Crippen LogP contribution in [0.4, 0.5) is 5.69 Å². The Morgan fingerprint density at radius 3 is 2.38 bits per heavy atom. The van der Waals surface area contributed by atoms with Crippen LogP contribution in [0.15, 0.2) is 53.4 Å². The molecule has 8 heteroatoms. The van der Waals surface area contributed by atoms with E-state index in [1.54, 1.807) is 36.4 Å². The largest absolute Gasteiger partial charge is 0.497 e. The highest BCUT2D eigenvalue weighted by Gasteiger charge is 2.23. The Balaban J connectivity index is 2.08. The number of sulfonamides is 1. The zero-order valence-electron chi connectivity index (χ0n) is 14.9. The van der Waals surface area contributed by atoms with Crippen LogP contribution >= 0.6 is 0 Å². The first kappa shape index (κ1) is 19.7. The first-order valence-corrected chi connectivity index (χ1v) is 9.44. The Kier molecular flexibility index (Phi) is 6.59. The van der Waals surface area contributed by atoms with Gasteiger partial charge in [-0.3, -0.25) is 4.79 Å². The minimum Gasteiger partial charge on any atom is -0.497 e. The second-order valence-electron chi connectivity index (χ2n) is 5.41. The van der Waals surface area contributed by atoms with Crippen LogP contribution in [0.2, 0.25) is 0 Å². The summed E-state index contributed by atoms with van der Waals surface area (Å²) in [5, 5.41) is 2.68. The number of amides is 1. The van der Waals surface area contributed by atoms with E-state index in [9.17, 15) is 13.2 Å². The molecule has 140 valence electrons. The van der Waals surface area contributed by atoms with Gasteiger partial charge < -0.3 is 14.8 Å². The number of rotatable bonds is 8. The molecular formula is C18H22N2O5S. The molecule has 2 aromatic rings. The van der Waals surface area contributed by atoms with Crippen molar-refractivity contribution in [3.05, 3.63) is 48.5 Å². The van der Waals surface area contributed by atoms with Crippen LogP contribution in [0.1, 0.15) is 6.92 Å². The second kappa shape index (κ2) is 8.68. The summed E-state index contributed by atoms with van der Waals surface area (Å²) in [7, 11) is -0.931. The number of methoxy groups -OCH3 is 1. The molecular weight excluding hydrogens is 356 g/mol. The predicted molar refractivity (Wildman–Crippen MR) is 99.1 cm³/mol. The van der Waals surface area contributed by atoms with E-state index in [0.29, 0.717) is 23.8 Å². The molecule has 2 rings (SSSR count). The van der Waals surface area contributed by atoms with Gasteiger partial charge in [-0.15, -0.1) is 0 Å². The van der Waals surface area contributed by atoms with Crippen LogP contribution in [0.25, 0.3) is 0 Å². The number of carbonyl (C=O) groups excluding carboxylic acids is 1. The fourth-order valence-electron chi connectivity index (χ4n) is 2.26. The van der Waals surface area contributed by atoms with Gasteiger partial charge in [-0.2, -0.15) is 4.31 Å². The molecule has 0 saturated heterocycles. The van der Waals surface area contributed by atoms with E-state index in [1.807, 2.05) is 6.92 Å². The third-order valence-electron chi connectivity index (χ3n) is 3.59. The topological polar surface area (TPSA) is 84.9 Å². The van der Waals surface area contributed by atoms with Crippen LogP contribution in [-0.2, 0) is 14.8 Å². The number of likely N-dealkylation sites (N-methyl/N-ethyl adjacent to an activating group) is 1. The van der Waals surface area contributed by atoms with Crippen molar-refractivity contribution in [2.24, 2.45) is 0 Å². The molecule has 7 nitrogen and oxygen atoms in total. The average Bonchev–Trinajstić information content (AvgIpc) is 2.63. The van der Waals surface area contributed by atoms with Gasteiger partial charge in [0.2, 0.25) is 15.9 Å². The molecule has 0 aliphatic carbocycles. The quantitative estimate of drug-likeness (QED) is 0.762. The lowest BCUT2D eigenvalue weighted by Crippen LogP contribution is -2.35. The molecule has 1 N–H and O–H groups in total. The minimum absolute atomic E-state index is 0.0864. The van der Waals surface area contributed by atoms with Crippen LogP contribution < -0.4 is 14.8 Å². The van der Waals surface area contributed by atoms with Crippen LogP contribution in [-0.4, -0.2) is 45.9 Å². The summed E-state index contributed by atoms with van der Waals surface area (Å²) in [5.74, 6) is 0.623. The van der Waals surface area contributed by atoms with Crippen LogP contribution in [0.5, 0.6) is 11.5 Å². The smallest absolute Gasteiger partial charge is 0.243 e. The molecule has 0 radical (unpaired) electrons. The fraction of sp³-hybridized carbons (Fsp3) is 0.278. The second-order valence-corrected chi connectivity index (χ2v) is 7.46. The van der Waals surface area contributed by atoms with Crippen molar-refractivity contribution in [1.82, 2.24) is 4.31 Å². The lowest BCUT2D eigenvalue weighted by molar-refractivity contribution is -0.116. The van der Waals surface area contributed by atoms with Gasteiger partial charge in [-0.1, -0.05) is 12.1 Å². The minimum atomic E-state index is -3.79. The monoisotopic (exact) mass is 378 g/mol. The van der Waals surface area contributed by atoms with E-state index in [1.165, 1.54) is 26.3 Å². The Bertz CT molecular complexity index is 850. The number of carbonyl (C=O) groups is 1. The summed E-state index contributed by atoms with van der Waals surface area (Å²) in [6.45, 7) is 1.97. The molecule has 1 amide bonds. The summed E-state index contributed by atoms with van der Waals surface area (Å²) >= 11 is 0. The van der Waals surface area contributed by atoms with Crippen molar-refractivity contribution in [3.63, 3.8) is 0 Å². The van der Waals surface area contributed by atoms with Crippen molar-refractivity contribution >= 4 is 21.6 Å². The fourth-order valence-corrected chi connectivity index (χ4v) is 3.38. The van der Waals surface area contributed by atoms with Crippen LogP contribution in [0.3, 0.4) is 0 Å². The lowest BCUT2D eigenvalue weighted by atomic mass is 10.3. The molecule has 0 atom stereocenters. The number of nitrogens with one attached hydrogen (secondary N) is 1. The maximum Gasteiger partial charge on any atom is 0.243 e. The Morgan fingerprint density at radius 2 is 1.77 bits per heavy atom. The molecule has 0 fully saturated rings. The molecule has 0 saturated carbocycles. The number of hydrogen-bond acceptors (Lipinski definition) is 5. The SMILES string of the molecule is CCOc1ccccc1NC(=O)CN(C)S(=O)(=O)c1ccc(OC)cc1. The molecule has 26 heavy (non-hydrogen) atoms. The average molecular weight is 378 g/mol. The number of ether oxygens (including phenoxy) is 2. The molecule has 0 bridgehead atoms. The summed E-state index contributed by atoms with van der Waals surface area (Å²) in [6, 6.07) is 13.0. The maximum absolute atomic E-state index is 12.6. The Labute approximate surface area is 153 Å². The first-order valence-electron chi connectivity index (χ1n) is 8.00. The van der Waals surface area contributed by atoms with Gasteiger partial charge in [0.1, 0.15) is 11.5 Å². The summed E-state index contributed by atoms with van der Waals surface area (Å²) < 4.78 is 36.6. The van der Waals surface area contributed by atoms with Gasteiger partial charge >= 0.3 is 0 Å². The number of benzene rings is 2. The molecule has 0 aromatic heterocycles. The molecule has 0 spiro atoms. The third kappa shape index (κ3) is 4.74. The van der Waals surface area contributed by atoms with E-state index in [0.717, 1.165) is 4.31 Å². The molecule has 2 aromatic carbocycles. The van der Waals surface area contributed by atoms with Crippen molar-refractivity contribution < 1.29 is 22.7 Å². The normalized spacial score (nSPS) is 11.2. The Morgan fingerprint density at radius 1 is 1.12 bits per heavy atom. The van der Waals surface area contributed by atoms with Crippen LogP contribution in [0, 0.1) is 0 Å². The molecule has 0 unspecified atom stereocenters. The highest BCUT2D eigenvalue weighted by Crippen LogP contribution is 2.24. The van der Waals surface area contributed by atoms with Gasteiger partial charge in [-0.25, -0.2) is 8.42 Å². The predicted octanol–water partition coefficient (Wildman–Crippen LogP) is 2.35. The van der Waals surface area contributed by atoms with E-state index in [-0.39, 0.29) is 11.4 Å². The number of hydrogen-bond donors (Lipinski definition) is 1. The lowest BCUT2D eigenvalue weighted by Gasteiger charge is -2.18. The molecule has 0 aliphatic rings. The molecule has 0 aliphatic heterocycles. The highest BCUT2D eigenvalue weighted by molar-refractivity contribution is 7.89. The van der Waals surface area contributed by atoms with Gasteiger partial charge in [0.15, 0.2) is 0 Å². The number of anilines is 1. The van der Waals surface area contributed by atoms with E-state index in [2.05, 4.69) is 5.32 Å². The standard InChI is InChI=1S/C18H22N2O5S/c1-4-25-17-8-6-5-7-16(17)19-18(21)13-20(2)26(22,23)15-11-9-14(24-3)10-12-15/h5-12H,4,13H2,1-3H3,(H,19,21). The van der Waals surface area contributed by atoms with Crippen molar-refractivity contribution in [2.45, 2.75) is 11.8 Å². The third-order valence-corrected chi connectivity index (χ3v) is 5.41. The van der Waals surface area contributed by atoms with Gasteiger partial charge in [0.05, 0.1) is 30.8 Å². The zero-order valence-corrected chi connectivity index (χ0v) is 15.7. The maximum atomic E-state index is 12.6. The first-order chi connectivity index (χ1) is 12.4. The van der Waals surface area contributed by atoms with Crippen molar-refractivity contribution in [3.8, 4) is 11.5 Å². The highest BCUT2D eigenvalue weighted by atomic mass is 32.2. The van der Waals surface area contributed by atoms with Gasteiger partial charge in [0.25, 0.3) is 0 Å². The zero-order chi connectivity index (χ0) is 19.2. The summed E-state index contributed by atoms with van der Waals surface area (Å²) in [5.41, 5.74) is 0.495. The van der Waals surface area contributed by atoms with Crippen molar-refractivity contribution in [1.29, 1.82) is 0 Å². The van der Waals surface area contributed by atoms with E-state index < -0.39 is 15.9 Å². The van der Waals surface area contributed by atoms with Gasteiger partial charge in [0, 0.05) is 7.05 Å². The van der Waals surface area contributed by atoms with Crippen molar-refractivity contribution in [2.75, 3.05) is 32.6 Å². The van der Waals surface area contributed by atoms with E-state index >= 15 is 0 Å². The Hall–Kier alpha value is -2.58. The number of nitrogens with zero attached hydrogens (tertiary/aromatic N) is 1. The van der Waals surface area contributed by atoms with Gasteiger partial charge in [-0.05, 0) is 43.3 Å². The summed E-state index contributed by atoms with van der Waals surface area (Å²) in [6.07, 6.45) is 0. The number of para-hydroxylation sites is 2.